The second kappa shape index (κ2) is 8.81. The highest BCUT2D eigenvalue weighted by Crippen LogP contribution is 2.36. The van der Waals surface area contributed by atoms with Gasteiger partial charge in [-0.3, -0.25) is 4.79 Å². The van der Waals surface area contributed by atoms with E-state index in [4.69, 9.17) is 23.2 Å². The smallest absolute Gasteiger partial charge is 0.267 e. The third-order valence-corrected chi connectivity index (χ3v) is 8.44. The van der Waals surface area contributed by atoms with E-state index in [0.29, 0.717) is 5.56 Å². The molecule has 28 heavy (non-hydrogen) atoms. The Labute approximate surface area is 174 Å². The van der Waals surface area contributed by atoms with Gasteiger partial charge >= 0.3 is 0 Å². The largest absolute Gasteiger partial charge is 0.271 e. The van der Waals surface area contributed by atoms with Crippen LogP contribution in [0.1, 0.15) is 26.8 Å². The Morgan fingerprint density at radius 1 is 1.00 bits per heavy atom. The molecule has 0 aliphatic rings. The molecule has 0 radical (unpaired) electrons. The van der Waals surface area contributed by atoms with Gasteiger partial charge in [-0.2, -0.15) is 13.5 Å². The second-order valence-corrected chi connectivity index (χ2v) is 10.8. The van der Waals surface area contributed by atoms with Gasteiger partial charge in [0.25, 0.3) is 5.56 Å². The maximum atomic E-state index is 12.5. The molecule has 0 amide bonds. The fourth-order valence-corrected chi connectivity index (χ4v) is 6.25. The summed E-state index contributed by atoms with van der Waals surface area (Å²) in [6.45, 7) is 4.30. The van der Waals surface area contributed by atoms with Crippen LogP contribution in [0.4, 0.5) is 5.69 Å². The molecule has 156 valence electrons. The summed E-state index contributed by atoms with van der Waals surface area (Å²) in [5, 5.41) is 3.77. The minimum Gasteiger partial charge on any atom is -0.267 e. The number of rotatable bonds is 6. The van der Waals surface area contributed by atoms with Crippen LogP contribution in [0.3, 0.4) is 0 Å². The molecule has 12 heteroatoms. The quantitative estimate of drug-likeness (QED) is 0.643. The van der Waals surface area contributed by atoms with E-state index in [1.165, 1.54) is 32.2 Å². The average Bonchev–Trinajstić information content (AvgIpc) is 2.57. The Kier molecular flexibility index (Phi) is 7.68. The van der Waals surface area contributed by atoms with Crippen molar-refractivity contribution in [1.29, 1.82) is 0 Å². The predicted octanol–water partition coefficient (Wildman–Crippen LogP) is 2.99. The summed E-state index contributed by atoms with van der Waals surface area (Å²) in [5.74, 6) is -0.938. The van der Waals surface area contributed by atoms with Gasteiger partial charge in [0.1, 0.15) is 0 Å². The number of halogens is 2. The normalized spacial score (nSPS) is 11.8. The van der Waals surface area contributed by atoms with E-state index in [2.05, 4.69) is 5.10 Å². The minimum atomic E-state index is -4.22. The topological polar surface area (TPSA) is 106 Å². The highest BCUT2D eigenvalue weighted by Gasteiger charge is 2.34. The first-order valence-electron chi connectivity index (χ1n) is 7.76. The van der Waals surface area contributed by atoms with Gasteiger partial charge in [0.05, 0.1) is 39.1 Å². The maximum absolute atomic E-state index is 12.5. The van der Waals surface area contributed by atoms with Crippen molar-refractivity contribution in [3.8, 4) is 5.69 Å². The van der Waals surface area contributed by atoms with Crippen molar-refractivity contribution in [3.05, 3.63) is 50.4 Å². The van der Waals surface area contributed by atoms with Gasteiger partial charge in [-0.05, 0) is 38.5 Å². The van der Waals surface area contributed by atoms with E-state index in [-0.39, 0.29) is 32.6 Å². The predicted molar refractivity (Wildman–Crippen MR) is 113 cm³/mol. The van der Waals surface area contributed by atoms with Crippen molar-refractivity contribution in [1.82, 2.24) is 9.78 Å². The SMILES string of the molecule is C.CCS(=O)(=O)N(c1cc(-n2ncc(C)cc2=O)c(Cl)cc1Cl)S(=O)(=O)CC. The molecular weight excluding hydrogens is 449 g/mol. The molecule has 0 aliphatic heterocycles. The molecule has 1 aromatic carbocycles. The third-order valence-electron chi connectivity index (χ3n) is 3.61. The molecule has 1 heterocycles. The van der Waals surface area contributed by atoms with Crippen LogP contribution in [0.2, 0.25) is 10.0 Å². The van der Waals surface area contributed by atoms with E-state index in [1.807, 2.05) is 0 Å². The number of sulfonamides is 2. The summed E-state index contributed by atoms with van der Waals surface area (Å²) in [7, 11) is -8.45. The molecule has 0 saturated carbocycles. The van der Waals surface area contributed by atoms with Gasteiger partial charge in [0.2, 0.25) is 20.0 Å². The lowest BCUT2D eigenvalue weighted by molar-refractivity contribution is 0.585. The van der Waals surface area contributed by atoms with Gasteiger partial charge in [0, 0.05) is 6.07 Å². The first-order chi connectivity index (χ1) is 12.4. The van der Waals surface area contributed by atoms with Crippen LogP contribution in [0, 0.1) is 6.92 Å². The summed E-state index contributed by atoms with van der Waals surface area (Å²) in [6.07, 6.45) is 1.41. The Morgan fingerprint density at radius 3 is 2.00 bits per heavy atom. The van der Waals surface area contributed by atoms with Crippen molar-refractivity contribution in [2.24, 2.45) is 0 Å². The van der Waals surface area contributed by atoms with Crippen molar-refractivity contribution in [2.75, 3.05) is 15.2 Å². The Hall–Kier alpha value is -1.62. The van der Waals surface area contributed by atoms with E-state index in [0.717, 1.165) is 10.7 Å². The molecule has 0 bridgehead atoms. The number of aromatic nitrogens is 2. The van der Waals surface area contributed by atoms with Gasteiger partial charge in [0.15, 0.2) is 0 Å². The van der Waals surface area contributed by atoms with Crippen molar-refractivity contribution in [2.45, 2.75) is 28.2 Å². The summed E-state index contributed by atoms with van der Waals surface area (Å²) < 4.78 is 51.1. The van der Waals surface area contributed by atoms with Crippen molar-refractivity contribution >= 4 is 48.9 Å². The monoisotopic (exact) mass is 469 g/mol. The number of benzene rings is 1. The number of aryl methyl sites for hydroxylation is 1. The van der Waals surface area contributed by atoms with Gasteiger partial charge in [-0.1, -0.05) is 30.6 Å². The average molecular weight is 470 g/mol. The van der Waals surface area contributed by atoms with Crippen LogP contribution in [-0.4, -0.2) is 38.1 Å². The Bertz CT molecular complexity index is 1110. The van der Waals surface area contributed by atoms with E-state index in [1.54, 1.807) is 6.92 Å². The summed E-state index contributed by atoms with van der Waals surface area (Å²) in [5.41, 5.74) is -0.226. The number of nitrogens with zero attached hydrogens (tertiary/aromatic N) is 3. The summed E-state index contributed by atoms with van der Waals surface area (Å²) in [6, 6.07) is 3.60. The lowest BCUT2D eigenvalue weighted by atomic mass is 10.2. The van der Waals surface area contributed by atoms with Crippen LogP contribution in [0.5, 0.6) is 0 Å². The molecule has 1 aromatic heterocycles. The maximum Gasteiger partial charge on any atom is 0.271 e. The van der Waals surface area contributed by atoms with Gasteiger partial charge < -0.3 is 0 Å². The first kappa shape index (κ1) is 24.4. The zero-order chi connectivity index (χ0) is 20.6. The minimum absolute atomic E-state index is 0. The molecule has 0 unspecified atom stereocenters. The van der Waals surface area contributed by atoms with Gasteiger partial charge in [-0.25, -0.2) is 16.8 Å². The van der Waals surface area contributed by atoms with E-state index < -0.39 is 37.1 Å². The van der Waals surface area contributed by atoms with Crippen molar-refractivity contribution in [3.63, 3.8) is 0 Å². The van der Waals surface area contributed by atoms with Crippen LogP contribution in [0.25, 0.3) is 5.69 Å². The van der Waals surface area contributed by atoms with E-state index >= 15 is 0 Å². The lowest BCUT2D eigenvalue weighted by Gasteiger charge is -2.24. The first-order valence-corrected chi connectivity index (χ1v) is 11.7. The Balaban J connectivity index is 0.00000392. The zero-order valence-corrected chi connectivity index (χ0v) is 17.8. The van der Waals surface area contributed by atoms with Crippen LogP contribution in [-0.2, 0) is 20.0 Å². The molecule has 0 atom stereocenters. The molecule has 0 spiro atoms. The van der Waals surface area contributed by atoms with E-state index in [9.17, 15) is 21.6 Å². The standard InChI is InChI=1S/C15H17Cl2N3O5S2.CH4/c1-4-26(22,23)20(27(24,25)5-2)14-8-13(11(16)7-12(14)17)19-15(21)6-10(3)9-18-19;/h6-9H,4-5H2,1-3H3;1H4. The van der Waals surface area contributed by atoms with Crippen LogP contribution >= 0.6 is 23.2 Å². The fraction of sp³-hybridized carbons (Fsp3) is 0.375. The Morgan fingerprint density at radius 2 is 1.54 bits per heavy atom. The number of anilines is 1. The molecule has 8 nitrogen and oxygen atoms in total. The molecule has 0 saturated heterocycles. The summed E-state index contributed by atoms with van der Waals surface area (Å²) in [4.78, 5) is 12.2. The molecule has 0 fully saturated rings. The molecule has 0 N–H and O–H groups in total. The molecular formula is C16H21Cl2N3O5S2. The molecule has 2 aromatic rings. The highest BCUT2D eigenvalue weighted by atomic mass is 35.5. The van der Waals surface area contributed by atoms with Crippen LogP contribution in [0.15, 0.2) is 29.2 Å². The number of hydrogen-bond donors (Lipinski definition) is 0. The summed E-state index contributed by atoms with van der Waals surface area (Å²) >= 11 is 12.3. The molecule has 0 aliphatic carbocycles. The second-order valence-electron chi connectivity index (χ2n) is 5.54. The van der Waals surface area contributed by atoms with Crippen LogP contribution < -0.4 is 9.27 Å². The number of hydrogen-bond acceptors (Lipinski definition) is 6. The van der Waals surface area contributed by atoms with Gasteiger partial charge in [-0.15, -0.1) is 0 Å². The fourth-order valence-electron chi connectivity index (χ4n) is 2.22. The highest BCUT2D eigenvalue weighted by molar-refractivity contribution is 8.10. The zero-order valence-electron chi connectivity index (χ0n) is 14.7. The molecule has 2 rings (SSSR count). The van der Waals surface area contributed by atoms with Crippen molar-refractivity contribution < 1.29 is 16.8 Å². The third kappa shape index (κ3) is 4.68. The lowest BCUT2D eigenvalue weighted by Crippen LogP contribution is -2.39.